The first-order chi connectivity index (χ1) is 8.63. The summed E-state index contributed by atoms with van der Waals surface area (Å²) in [5, 5.41) is 8.03. The summed E-state index contributed by atoms with van der Waals surface area (Å²) in [6, 6.07) is 2.70. The lowest BCUT2D eigenvalue weighted by molar-refractivity contribution is 0.608. The smallest absolute Gasteiger partial charge is 0.0825 e. The van der Waals surface area contributed by atoms with E-state index in [1.807, 2.05) is 23.1 Å². The number of halogens is 1. The molecule has 1 N–H and O–H groups in total. The van der Waals surface area contributed by atoms with E-state index in [9.17, 15) is 0 Å². The topological polar surface area (TPSA) is 29.9 Å². The average molecular weight is 326 g/mol. The first-order valence-electron chi connectivity index (χ1n) is 6.18. The first kappa shape index (κ1) is 12.2. The Hall–Kier alpha value is -0.810. The minimum absolute atomic E-state index is 0.430. The molecule has 3 rings (SSSR count). The molecule has 0 saturated carbocycles. The molecule has 0 saturated heterocycles. The van der Waals surface area contributed by atoms with Crippen LogP contribution in [0.25, 0.3) is 0 Å². The number of nitrogens with one attached hydrogen (secondary N) is 1. The molecule has 1 aliphatic carbocycles. The van der Waals surface area contributed by atoms with Crippen LogP contribution in [-0.2, 0) is 13.5 Å². The summed E-state index contributed by atoms with van der Waals surface area (Å²) in [6.45, 7) is 2.05. The summed E-state index contributed by atoms with van der Waals surface area (Å²) in [6.07, 6.45) is 5.74. The fraction of sp³-hybridized carbons (Fsp3) is 0.462. The van der Waals surface area contributed by atoms with Crippen LogP contribution in [0, 0.1) is 6.92 Å². The molecule has 1 aliphatic rings. The molecule has 18 heavy (non-hydrogen) atoms. The molecule has 2 aromatic heterocycles. The molecular formula is C13H16BrN3S. The van der Waals surface area contributed by atoms with E-state index in [4.69, 9.17) is 0 Å². The predicted octanol–water partition coefficient (Wildman–Crippen LogP) is 4.04. The number of fused-ring (bicyclic) bond motifs is 1. The number of aromatic nitrogens is 2. The van der Waals surface area contributed by atoms with Crippen LogP contribution < -0.4 is 5.32 Å². The molecule has 0 spiro atoms. The van der Waals surface area contributed by atoms with Gasteiger partial charge in [-0.05, 0) is 53.7 Å². The maximum absolute atomic E-state index is 4.39. The molecule has 1 unspecified atom stereocenters. The molecule has 1 atom stereocenters. The van der Waals surface area contributed by atoms with E-state index in [0.29, 0.717) is 6.04 Å². The van der Waals surface area contributed by atoms with Crippen LogP contribution in [0.3, 0.4) is 0 Å². The lowest BCUT2D eigenvalue weighted by Crippen LogP contribution is -2.15. The number of rotatable bonds is 2. The highest BCUT2D eigenvalue weighted by atomic mass is 79.9. The third kappa shape index (κ3) is 2.21. The molecule has 0 bridgehead atoms. The Morgan fingerprint density at radius 3 is 3.11 bits per heavy atom. The van der Waals surface area contributed by atoms with E-state index in [1.165, 1.54) is 33.5 Å². The molecule has 96 valence electrons. The zero-order valence-electron chi connectivity index (χ0n) is 10.5. The molecule has 3 nitrogen and oxygen atoms in total. The van der Waals surface area contributed by atoms with Crippen molar-refractivity contribution < 1.29 is 0 Å². The summed E-state index contributed by atoms with van der Waals surface area (Å²) in [4.78, 5) is 1.52. The normalized spacial score (nSPS) is 18.7. The van der Waals surface area contributed by atoms with E-state index in [-0.39, 0.29) is 0 Å². The SMILES string of the molecule is Cc1nn(C)cc1NC1CCCc2sc(Br)cc21. The van der Waals surface area contributed by atoms with Gasteiger partial charge in [-0.15, -0.1) is 11.3 Å². The van der Waals surface area contributed by atoms with Crippen molar-refractivity contribution in [2.24, 2.45) is 7.05 Å². The number of hydrogen-bond acceptors (Lipinski definition) is 3. The van der Waals surface area contributed by atoms with Crippen molar-refractivity contribution in [3.63, 3.8) is 0 Å². The molecule has 5 heteroatoms. The molecule has 0 aromatic carbocycles. The van der Waals surface area contributed by atoms with Crippen LogP contribution >= 0.6 is 27.3 Å². The van der Waals surface area contributed by atoms with Crippen molar-refractivity contribution in [3.05, 3.63) is 32.2 Å². The van der Waals surface area contributed by atoms with Gasteiger partial charge in [-0.1, -0.05) is 0 Å². The van der Waals surface area contributed by atoms with Gasteiger partial charge < -0.3 is 5.32 Å². The lowest BCUT2D eigenvalue weighted by Gasteiger charge is -2.24. The summed E-state index contributed by atoms with van der Waals surface area (Å²) in [5.41, 5.74) is 3.68. The summed E-state index contributed by atoms with van der Waals surface area (Å²) < 4.78 is 3.11. The Kier molecular flexibility index (Phi) is 3.20. The molecule has 2 heterocycles. The van der Waals surface area contributed by atoms with Gasteiger partial charge in [-0.3, -0.25) is 4.68 Å². The van der Waals surface area contributed by atoms with Crippen LogP contribution in [0.5, 0.6) is 0 Å². The van der Waals surface area contributed by atoms with Crippen molar-refractivity contribution in [2.75, 3.05) is 5.32 Å². The first-order valence-corrected chi connectivity index (χ1v) is 7.79. The van der Waals surface area contributed by atoms with Crippen LogP contribution in [-0.4, -0.2) is 9.78 Å². The average Bonchev–Trinajstić information content (AvgIpc) is 2.82. The quantitative estimate of drug-likeness (QED) is 0.902. The second kappa shape index (κ2) is 4.70. The van der Waals surface area contributed by atoms with Crippen molar-refractivity contribution >= 4 is 33.0 Å². The van der Waals surface area contributed by atoms with Crippen LogP contribution in [0.2, 0.25) is 0 Å². The summed E-state index contributed by atoms with van der Waals surface area (Å²) >= 11 is 5.47. The summed E-state index contributed by atoms with van der Waals surface area (Å²) in [5.74, 6) is 0. The Bertz CT molecular complexity index is 573. The minimum atomic E-state index is 0.430. The largest absolute Gasteiger partial charge is 0.375 e. The maximum atomic E-state index is 4.39. The third-order valence-electron chi connectivity index (χ3n) is 3.43. The maximum Gasteiger partial charge on any atom is 0.0825 e. The molecule has 0 radical (unpaired) electrons. The highest BCUT2D eigenvalue weighted by Crippen LogP contribution is 2.39. The fourth-order valence-corrected chi connectivity index (χ4v) is 4.42. The van der Waals surface area contributed by atoms with E-state index < -0.39 is 0 Å². The standard InChI is InChI=1S/C13H16BrN3S/c1-8-11(7-17(2)16-8)15-10-4-3-5-12-9(10)6-13(14)18-12/h6-7,10,15H,3-5H2,1-2H3. The monoisotopic (exact) mass is 325 g/mol. The number of anilines is 1. The predicted molar refractivity (Wildman–Crippen MR) is 79.3 cm³/mol. The van der Waals surface area contributed by atoms with Crippen molar-refractivity contribution in [2.45, 2.75) is 32.2 Å². The van der Waals surface area contributed by atoms with Crippen molar-refractivity contribution in [1.82, 2.24) is 9.78 Å². The Morgan fingerprint density at radius 1 is 1.56 bits per heavy atom. The molecular weight excluding hydrogens is 310 g/mol. The molecule has 0 fully saturated rings. The van der Waals surface area contributed by atoms with E-state index in [1.54, 1.807) is 0 Å². The summed E-state index contributed by atoms with van der Waals surface area (Å²) in [7, 11) is 1.96. The van der Waals surface area contributed by atoms with Crippen LogP contribution in [0.1, 0.15) is 35.0 Å². The van der Waals surface area contributed by atoms with E-state index >= 15 is 0 Å². The highest BCUT2D eigenvalue weighted by Gasteiger charge is 2.23. The van der Waals surface area contributed by atoms with E-state index in [2.05, 4.69) is 45.5 Å². The van der Waals surface area contributed by atoms with Crippen LogP contribution in [0.15, 0.2) is 16.0 Å². The lowest BCUT2D eigenvalue weighted by atomic mass is 9.94. The van der Waals surface area contributed by atoms with Gasteiger partial charge in [0.05, 0.1) is 21.2 Å². The molecule has 2 aromatic rings. The minimum Gasteiger partial charge on any atom is -0.375 e. The molecule has 0 aliphatic heterocycles. The number of thiophene rings is 1. The zero-order valence-corrected chi connectivity index (χ0v) is 12.9. The Labute approximate surface area is 119 Å². The van der Waals surface area contributed by atoms with Crippen molar-refractivity contribution in [1.29, 1.82) is 0 Å². The highest BCUT2D eigenvalue weighted by molar-refractivity contribution is 9.11. The van der Waals surface area contributed by atoms with Gasteiger partial charge in [0.1, 0.15) is 0 Å². The second-order valence-corrected chi connectivity index (χ2v) is 7.34. The third-order valence-corrected chi connectivity index (χ3v) is 5.14. The number of hydrogen-bond donors (Lipinski definition) is 1. The fourth-order valence-electron chi connectivity index (χ4n) is 2.60. The van der Waals surface area contributed by atoms with Gasteiger partial charge in [0, 0.05) is 18.1 Å². The molecule has 0 amide bonds. The van der Waals surface area contributed by atoms with Crippen molar-refractivity contribution in [3.8, 4) is 0 Å². The Balaban J connectivity index is 1.88. The van der Waals surface area contributed by atoms with Gasteiger partial charge >= 0.3 is 0 Å². The number of aryl methyl sites for hydroxylation is 3. The number of nitrogens with zero attached hydrogens (tertiary/aromatic N) is 2. The Morgan fingerprint density at radius 2 is 2.39 bits per heavy atom. The van der Waals surface area contributed by atoms with Crippen LogP contribution in [0.4, 0.5) is 5.69 Å². The van der Waals surface area contributed by atoms with Gasteiger partial charge in [-0.2, -0.15) is 5.10 Å². The second-order valence-electron chi connectivity index (χ2n) is 4.82. The van der Waals surface area contributed by atoms with Gasteiger partial charge in [-0.25, -0.2) is 0 Å². The van der Waals surface area contributed by atoms with E-state index in [0.717, 1.165) is 11.4 Å². The van der Waals surface area contributed by atoms with Gasteiger partial charge in [0.15, 0.2) is 0 Å². The van der Waals surface area contributed by atoms with Gasteiger partial charge in [0.2, 0.25) is 0 Å². The van der Waals surface area contributed by atoms with Gasteiger partial charge in [0.25, 0.3) is 0 Å². The zero-order chi connectivity index (χ0) is 12.7.